The zero-order valence-corrected chi connectivity index (χ0v) is 16.5. The molecule has 0 amide bonds. The third kappa shape index (κ3) is 4.59. The number of nitro groups is 1. The minimum atomic E-state index is -3.49. The fourth-order valence-electron chi connectivity index (χ4n) is 4.15. The predicted molar refractivity (Wildman–Crippen MR) is 103 cm³/mol. The van der Waals surface area contributed by atoms with Crippen LogP contribution in [0.3, 0.4) is 0 Å². The van der Waals surface area contributed by atoms with Gasteiger partial charge in [-0.2, -0.15) is 0 Å². The maximum atomic E-state index is 11.7. The van der Waals surface area contributed by atoms with Crippen LogP contribution >= 0.6 is 0 Å². The monoisotopic (exact) mass is 397 g/mol. The molecule has 0 radical (unpaired) electrons. The van der Waals surface area contributed by atoms with Crippen molar-refractivity contribution in [1.82, 2.24) is 4.90 Å². The van der Waals surface area contributed by atoms with Gasteiger partial charge in [-0.3, -0.25) is 15.0 Å². The van der Waals surface area contributed by atoms with E-state index in [2.05, 4.69) is 10.2 Å². The van der Waals surface area contributed by atoms with Crippen LogP contribution in [0.2, 0.25) is 0 Å². The minimum absolute atomic E-state index is 0.0363. The average molecular weight is 397 g/mol. The van der Waals surface area contributed by atoms with Crippen molar-refractivity contribution in [2.45, 2.75) is 42.5 Å². The summed E-state index contributed by atoms with van der Waals surface area (Å²) in [6.45, 7) is 3.77. The van der Waals surface area contributed by atoms with Gasteiger partial charge < -0.3 is 10.1 Å². The van der Waals surface area contributed by atoms with Crippen LogP contribution in [0.1, 0.15) is 32.1 Å². The molecule has 1 N–H and O–H groups in total. The molecule has 2 aliphatic rings. The van der Waals surface area contributed by atoms with Crippen molar-refractivity contribution >= 4 is 21.2 Å². The Labute approximate surface area is 160 Å². The van der Waals surface area contributed by atoms with Crippen molar-refractivity contribution < 1.29 is 18.1 Å². The highest BCUT2D eigenvalue weighted by Gasteiger charge is 2.38. The van der Waals surface area contributed by atoms with Crippen LogP contribution in [-0.4, -0.2) is 62.9 Å². The Balaban J connectivity index is 1.83. The van der Waals surface area contributed by atoms with Gasteiger partial charge in [0.05, 0.1) is 23.0 Å². The molecule has 1 aromatic rings. The Hall–Kier alpha value is -1.71. The van der Waals surface area contributed by atoms with E-state index >= 15 is 0 Å². The molecule has 1 heterocycles. The van der Waals surface area contributed by atoms with Gasteiger partial charge >= 0.3 is 0 Å². The zero-order valence-electron chi connectivity index (χ0n) is 15.6. The van der Waals surface area contributed by atoms with E-state index < -0.39 is 14.8 Å². The van der Waals surface area contributed by atoms with Crippen LogP contribution in [-0.2, 0) is 14.6 Å². The maximum absolute atomic E-state index is 11.7. The molecule has 1 aromatic carbocycles. The highest BCUT2D eigenvalue weighted by molar-refractivity contribution is 7.90. The second-order valence-electron chi connectivity index (χ2n) is 7.45. The molecule has 27 heavy (non-hydrogen) atoms. The topological polar surface area (TPSA) is 102 Å². The summed E-state index contributed by atoms with van der Waals surface area (Å²) < 4.78 is 28.9. The molecule has 0 aromatic heterocycles. The van der Waals surface area contributed by atoms with Crippen LogP contribution in [0.4, 0.5) is 11.4 Å². The summed E-state index contributed by atoms with van der Waals surface area (Å²) >= 11 is 0. The molecular weight excluding hydrogens is 370 g/mol. The number of hydrogen-bond donors (Lipinski definition) is 1. The molecule has 1 aliphatic heterocycles. The van der Waals surface area contributed by atoms with Crippen molar-refractivity contribution in [3.8, 4) is 0 Å². The number of anilines is 1. The van der Waals surface area contributed by atoms with Crippen molar-refractivity contribution in [1.29, 1.82) is 0 Å². The lowest BCUT2D eigenvalue weighted by atomic mass is 9.79. The van der Waals surface area contributed by atoms with E-state index in [9.17, 15) is 18.5 Å². The smallest absolute Gasteiger partial charge is 0.293 e. The molecule has 2 fully saturated rings. The second-order valence-corrected chi connectivity index (χ2v) is 9.46. The summed E-state index contributed by atoms with van der Waals surface area (Å²) in [6, 6.07) is 4.07. The van der Waals surface area contributed by atoms with E-state index in [0.717, 1.165) is 51.1 Å². The lowest BCUT2D eigenvalue weighted by molar-refractivity contribution is -0.384. The number of benzene rings is 1. The largest absolute Gasteiger partial charge is 0.379 e. The second kappa shape index (κ2) is 8.12. The first-order valence-electron chi connectivity index (χ1n) is 9.37. The first-order chi connectivity index (χ1) is 12.8. The number of nitrogens with zero attached hydrogens (tertiary/aromatic N) is 2. The van der Waals surface area contributed by atoms with E-state index in [0.29, 0.717) is 25.4 Å². The molecule has 0 bridgehead atoms. The quantitative estimate of drug-likeness (QED) is 0.581. The Kier molecular flexibility index (Phi) is 6.02. The number of nitro benzene ring substituents is 1. The minimum Gasteiger partial charge on any atom is -0.379 e. The van der Waals surface area contributed by atoms with Gasteiger partial charge in [-0.25, -0.2) is 8.42 Å². The highest BCUT2D eigenvalue weighted by Crippen LogP contribution is 2.36. The van der Waals surface area contributed by atoms with E-state index in [1.807, 2.05) is 0 Å². The normalized spacial score (nSPS) is 20.9. The Morgan fingerprint density at radius 3 is 2.48 bits per heavy atom. The fraction of sp³-hybridized carbons (Fsp3) is 0.667. The maximum Gasteiger partial charge on any atom is 0.293 e. The van der Waals surface area contributed by atoms with Crippen molar-refractivity contribution in [3.63, 3.8) is 0 Å². The summed E-state index contributed by atoms with van der Waals surface area (Å²) in [5, 5.41) is 14.7. The lowest BCUT2D eigenvalue weighted by Crippen LogP contribution is -2.58. The van der Waals surface area contributed by atoms with Gasteiger partial charge in [0, 0.05) is 37.5 Å². The van der Waals surface area contributed by atoms with Gasteiger partial charge in [0.2, 0.25) is 0 Å². The van der Waals surface area contributed by atoms with E-state index in [4.69, 9.17) is 4.74 Å². The fourth-order valence-corrected chi connectivity index (χ4v) is 4.80. The molecule has 0 atom stereocenters. The number of rotatable bonds is 6. The van der Waals surface area contributed by atoms with Gasteiger partial charge in [0.1, 0.15) is 5.69 Å². The first-order valence-corrected chi connectivity index (χ1v) is 11.3. The molecule has 1 saturated carbocycles. The molecule has 1 saturated heterocycles. The number of nitrogens with one attached hydrogen (secondary N) is 1. The Bertz CT molecular complexity index is 784. The molecule has 0 unspecified atom stereocenters. The van der Waals surface area contributed by atoms with Gasteiger partial charge in [0.25, 0.3) is 5.69 Å². The number of hydrogen-bond acceptors (Lipinski definition) is 7. The Morgan fingerprint density at radius 1 is 1.22 bits per heavy atom. The molecule has 8 nitrogen and oxygen atoms in total. The van der Waals surface area contributed by atoms with E-state index in [1.54, 1.807) is 0 Å². The summed E-state index contributed by atoms with van der Waals surface area (Å²) in [7, 11) is -3.49. The molecular formula is C18H27N3O5S. The van der Waals surface area contributed by atoms with Crippen LogP contribution in [0.25, 0.3) is 0 Å². The molecule has 150 valence electrons. The van der Waals surface area contributed by atoms with Crippen LogP contribution < -0.4 is 5.32 Å². The van der Waals surface area contributed by atoms with Crippen LogP contribution in [0.15, 0.2) is 23.1 Å². The standard InChI is InChI=1S/C18H27N3O5S/c1-27(24,25)15-5-6-16(17(13-15)21(22)23)19-14-18(7-3-2-4-8-18)20-9-11-26-12-10-20/h5-6,13,19H,2-4,7-12,14H2,1H3. The molecule has 3 rings (SSSR count). The summed E-state index contributed by atoms with van der Waals surface area (Å²) in [4.78, 5) is 13.4. The summed E-state index contributed by atoms with van der Waals surface area (Å²) in [5.74, 6) is 0. The number of morpholine rings is 1. The van der Waals surface area contributed by atoms with Crippen LogP contribution in [0, 0.1) is 10.1 Å². The first kappa shape index (κ1) is 20.0. The predicted octanol–water partition coefficient (Wildman–Crippen LogP) is 2.45. The lowest BCUT2D eigenvalue weighted by Gasteiger charge is -2.48. The van der Waals surface area contributed by atoms with Crippen molar-refractivity contribution in [2.24, 2.45) is 0 Å². The SMILES string of the molecule is CS(=O)(=O)c1ccc(NCC2(N3CCOCC3)CCCCC2)c([N+](=O)[O-])c1. The van der Waals surface area contributed by atoms with Crippen molar-refractivity contribution in [3.05, 3.63) is 28.3 Å². The third-order valence-electron chi connectivity index (χ3n) is 5.67. The van der Waals surface area contributed by atoms with Gasteiger partial charge in [-0.05, 0) is 25.0 Å². The van der Waals surface area contributed by atoms with Crippen LogP contribution in [0.5, 0.6) is 0 Å². The van der Waals surface area contributed by atoms with Gasteiger partial charge in [-0.15, -0.1) is 0 Å². The Morgan fingerprint density at radius 2 is 1.89 bits per heavy atom. The summed E-state index contributed by atoms with van der Waals surface area (Å²) in [5.41, 5.74) is 0.127. The number of sulfone groups is 1. The highest BCUT2D eigenvalue weighted by atomic mass is 32.2. The summed E-state index contributed by atoms with van der Waals surface area (Å²) in [6.07, 6.45) is 6.66. The van der Waals surface area contributed by atoms with Gasteiger partial charge in [0.15, 0.2) is 9.84 Å². The zero-order chi connectivity index (χ0) is 19.5. The molecule has 9 heteroatoms. The van der Waals surface area contributed by atoms with E-state index in [1.165, 1.54) is 18.6 Å². The average Bonchev–Trinajstić information content (AvgIpc) is 2.67. The molecule has 0 spiro atoms. The van der Waals surface area contributed by atoms with Gasteiger partial charge in [-0.1, -0.05) is 19.3 Å². The third-order valence-corrected chi connectivity index (χ3v) is 6.78. The molecule has 1 aliphatic carbocycles. The van der Waals surface area contributed by atoms with E-state index in [-0.39, 0.29) is 16.1 Å². The number of ether oxygens (including phenoxy) is 1. The van der Waals surface area contributed by atoms with Crippen molar-refractivity contribution in [2.75, 3.05) is 44.4 Å².